The third-order valence-corrected chi connectivity index (χ3v) is 4.94. The summed E-state index contributed by atoms with van der Waals surface area (Å²) in [7, 11) is 0. The minimum Gasteiger partial charge on any atom is -0.449 e. The predicted octanol–water partition coefficient (Wildman–Crippen LogP) is 4.52. The molecule has 2 rings (SSSR count). The molecule has 0 bridgehead atoms. The standard InChI is InChI=1S/C20H29NO4/c1-5-15(4)20(14-21,13-12-18(22-6-2)23-7-3)19-24-16-10-8-9-11-17(16)25-19/h8-11,15,18-19H,5-7,12-13H2,1-4H3. The molecule has 0 aliphatic carbocycles. The Morgan fingerprint density at radius 1 is 1.12 bits per heavy atom. The Kier molecular flexibility index (Phi) is 7.10. The van der Waals surface area contributed by atoms with Crippen LogP contribution in [0.5, 0.6) is 11.5 Å². The fourth-order valence-corrected chi connectivity index (χ4v) is 3.23. The van der Waals surface area contributed by atoms with Gasteiger partial charge in [0.15, 0.2) is 17.8 Å². The second kappa shape index (κ2) is 9.07. The van der Waals surface area contributed by atoms with E-state index >= 15 is 0 Å². The van der Waals surface area contributed by atoms with E-state index in [0.717, 1.165) is 6.42 Å². The highest BCUT2D eigenvalue weighted by atomic mass is 16.7. The maximum absolute atomic E-state index is 10.1. The van der Waals surface area contributed by atoms with E-state index in [-0.39, 0.29) is 12.2 Å². The topological polar surface area (TPSA) is 60.7 Å². The summed E-state index contributed by atoms with van der Waals surface area (Å²) in [6.45, 7) is 9.21. The first-order chi connectivity index (χ1) is 12.1. The molecule has 2 unspecified atom stereocenters. The summed E-state index contributed by atoms with van der Waals surface area (Å²) < 4.78 is 23.3. The van der Waals surface area contributed by atoms with Crippen LogP contribution < -0.4 is 9.47 Å². The van der Waals surface area contributed by atoms with Gasteiger partial charge in [0.05, 0.1) is 6.07 Å². The van der Waals surface area contributed by atoms with Crippen molar-refractivity contribution in [2.24, 2.45) is 11.3 Å². The van der Waals surface area contributed by atoms with E-state index < -0.39 is 11.7 Å². The Hall–Kier alpha value is -1.77. The molecule has 0 spiro atoms. The third-order valence-electron chi connectivity index (χ3n) is 4.94. The number of nitrogens with zero attached hydrogens (tertiary/aromatic N) is 1. The van der Waals surface area contributed by atoms with Gasteiger partial charge in [-0.25, -0.2) is 0 Å². The van der Waals surface area contributed by atoms with E-state index in [2.05, 4.69) is 19.9 Å². The van der Waals surface area contributed by atoms with Crippen molar-refractivity contribution in [2.45, 2.75) is 59.5 Å². The van der Waals surface area contributed by atoms with Crippen molar-refractivity contribution in [3.05, 3.63) is 24.3 Å². The first-order valence-electron chi connectivity index (χ1n) is 9.18. The number of benzene rings is 1. The van der Waals surface area contributed by atoms with Crippen LogP contribution in [0.2, 0.25) is 0 Å². The lowest BCUT2D eigenvalue weighted by Crippen LogP contribution is -2.45. The van der Waals surface area contributed by atoms with Crippen molar-refractivity contribution in [3.8, 4) is 17.6 Å². The molecule has 2 atom stereocenters. The van der Waals surface area contributed by atoms with Crippen molar-refractivity contribution in [1.82, 2.24) is 0 Å². The summed E-state index contributed by atoms with van der Waals surface area (Å²) in [6, 6.07) is 10.1. The molecule has 0 aromatic heterocycles. The molecule has 5 nitrogen and oxygen atoms in total. The minimum absolute atomic E-state index is 0.112. The molecular weight excluding hydrogens is 318 g/mol. The van der Waals surface area contributed by atoms with Gasteiger partial charge >= 0.3 is 0 Å². The summed E-state index contributed by atoms with van der Waals surface area (Å²) >= 11 is 0. The summed E-state index contributed by atoms with van der Waals surface area (Å²) in [5.41, 5.74) is -0.764. The Labute approximate surface area is 150 Å². The molecule has 1 aliphatic heterocycles. The summed E-state index contributed by atoms with van der Waals surface area (Å²) in [5.74, 6) is 1.50. The van der Waals surface area contributed by atoms with Crippen molar-refractivity contribution in [1.29, 1.82) is 5.26 Å². The zero-order valence-corrected chi connectivity index (χ0v) is 15.7. The van der Waals surface area contributed by atoms with Crippen LogP contribution >= 0.6 is 0 Å². The van der Waals surface area contributed by atoms with Crippen LogP contribution in [0.3, 0.4) is 0 Å². The second-order valence-corrected chi connectivity index (χ2v) is 6.35. The summed E-state index contributed by atoms with van der Waals surface area (Å²) in [5, 5.41) is 10.1. The highest BCUT2D eigenvalue weighted by Gasteiger charge is 2.49. The van der Waals surface area contributed by atoms with Gasteiger partial charge in [-0.05, 0) is 38.3 Å². The lowest BCUT2D eigenvalue weighted by molar-refractivity contribution is -0.151. The number of ether oxygens (including phenoxy) is 4. The van der Waals surface area contributed by atoms with Crippen LogP contribution in [-0.2, 0) is 9.47 Å². The lowest BCUT2D eigenvalue weighted by atomic mass is 9.72. The summed E-state index contributed by atoms with van der Waals surface area (Å²) in [6.07, 6.45) is 1.14. The fraction of sp³-hybridized carbons (Fsp3) is 0.650. The van der Waals surface area contributed by atoms with E-state index in [9.17, 15) is 5.26 Å². The Morgan fingerprint density at radius 3 is 2.12 bits per heavy atom. The van der Waals surface area contributed by atoms with E-state index in [4.69, 9.17) is 18.9 Å². The molecule has 25 heavy (non-hydrogen) atoms. The Bertz CT molecular complexity index is 554. The van der Waals surface area contributed by atoms with Gasteiger partial charge in [-0.2, -0.15) is 5.26 Å². The summed E-state index contributed by atoms with van der Waals surface area (Å²) in [4.78, 5) is 0. The lowest BCUT2D eigenvalue weighted by Gasteiger charge is -2.36. The quantitative estimate of drug-likeness (QED) is 0.582. The molecular formula is C20H29NO4. The average molecular weight is 347 g/mol. The molecule has 1 heterocycles. The highest BCUT2D eigenvalue weighted by Crippen LogP contribution is 2.46. The minimum atomic E-state index is -0.764. The van der Waals surface area contributed by atoms with E-state index in [0.29, 0.717) is 37.6 Å². The molecule has 0 N–H and O–H groups in total. The van der Waals surface area contributed by atoms with Crippen LogP contribution in [0.4, 0.5) is 0 Å². The number of hydrogen-bond donors (Lipinski definition) is 0. The Balaban J connectivity index is 2.19. The highest BCUT2D eigenvalue weighted by molar-refractivity contribution is 5.42. The Morgan fingerprint density at radius 2 is 1.68 bits per heavy atom. The SMILES string of the molecule is CCOC(CCC(C#N)(C(C)CC)C1Oc2ccccc2O1)OCC. The molecule has 138 valence electrons. The smallest absolute Gasteiger partial charge is 0.260 e. The second-order valence-electron chi connectivity index (χ2n) is 6.35. The molecule has 1 aromatic carbocycles. The molecule has 0 amide bonds. The molecule has 5 heteroatoms. The molecule has 0 radical (unpaired) electrons. The van der Waals surface area contributed by atoms with Gasteiger partial charge in [-0.15, -0.1) is 0 Å². The fourth-order valence-electron chi connectivity index (χ4n) is 3.23. The van der Waals surface area contributed by atoms with Gasteiger partial charge in [0.2, 0.25) is 0 Å². The normalized spacial score (nSPS) is 17.3. The molecule has 1 aromatic rings. The zero-order chi connectivity index (χ0) is 18.3. The monoisotopic (exact) mass is 347 g/mol. The van der Waals surface area contributed by atoms with E-state index in [1.165, 1.54) is 0 Å². The van der Waals surface area contributed by atoms with Crippen LogP contribution in [0.1, 0.15) is 47.0 Å². The number of para-hydroxylation sites is 2. The largest absolute Gasteiger partial charge is 0.449 e. The number of nitriles is 1. The van der Waals surface area contributed by atoms with Crippen LogP contribution in [0.15, 0.2) is 24.3 Å². The van der Waals surface area contributed by atoms with Crippen LogP contribution in [0.25, 0.3) is 0 Å². The van der Waals surface area contributed by atoms with Gasteiger partial charge in [0.25, 0.3) is 6.29 Å². The van der Waals surface area contributed by atoms with Gasteiger partial charge in [0, 0.05) is 19.6 Å². The number of rotatable bonds is 10. The van der Waals surface area contributed by atoms with Crippen molar-refractivity contribution < 1.29 is 18.9 Å². The first-order valence-corrected chi connectivity index (χ1v) is 9.18. The van der Waals surface area contributed by atoms with Gasteiger partial charge in [0.1, 0.15) is 5.41 Å². The molecule has 0 saturated carbocycles. The van der Waals surface area contributed by atoms with Gasteiger partial charge < -0.3 is 18.9 Å². The molecule has 0 saturated heterocycles. The van der Waals surface area contributed by atoms with E-state index in [1.54, 1.807) is 0 Å². The maximum atomic E-state index is 10.1. The first kappa shape index (κ1) is 19.6. The van der Waals surface area contributed by atoms with E-state index in [1.807, 2.05) is 38.1 Å². The number of fused-ring (bicyclic) bond motifs is 1. The van der Waals surface area contributed by atoms with Crippen LogP contribution in [0, 0.1) is 22.7 Å². The predicted molar refractivity (Wildman–Crippen MR) is 95.3 cm³/mol. The molecule has 1 aliphatic rings. The van der Waals surface area contributed by atoms with Crippen LogP contribution in [-0.4, -0.2) is 25.8 Å². The average Bonchev–Trinajstić information content (AvgIpc) is 3.07. The number of hydrogen-bond acceptors (Lipinski definition) is 5. The third kappa shape index (κ3) is 4.26. The van der Waals surface area contributed by atoms with Crippen molar-refractivity contribution in [3.63, 3.8) is 0 Å². The van der Waals surface area contributed by atoms with Gasteiger partial charge in [-0.3, -0.25) is 0 Å². The molecule has 0 fully saturated rings. The van der Waals surface area contributed by atoms with Crippen molar-refractivity contribution >= 4 is 0 Å². The van der Waals surface area contributed by atoms with Gasteiger partial charge in [-0.1, -0.05) is 32.4 Å². The van der Waals surface area contributed by atoms with Crippen molar-refractivity contribution in [2.75, 3.05) is 13.2 Å². The zero-order valence-electron chi connectivity index (χ0n) is 15.7. The maximum Gasteiger partial charge on any atom is 0.260 e.